The highest BCUT2D eigenvalue weighted by Crippen LogP contribution is 2.46. The molecule has 4 rings (SSSR count). The number of aromatic amines is 1. The molecule has 2 atom stereocenters. The highest BCUT2D eigenvalue weighted by molar-refractivity contribution is 5.85. The van der Waals surface area contributed by atoms with Crippen LogP contribution in [0.2, 0.25) is 0 Å². The molecular formula is C19H20N2O. The van der Waals surface area contributed by atoms with Crippen LogP contribution in [0.4, 0.5) is 0 Å². The Balaban J connectivity index is 1.83. The van der Waals surface area contributed by atoms with Crippen molar-refractivity contribution in [1.29, 1.82) is 0 Å². The number of nitrogens with two attached hydrogens (primary N) is 1. The molecule has 0 aliphatic heterocycles. The zero-order chi connectivity index (χ0) is 15.1. The Morgan fingerprint density at radius 3 is 2.73 bits per heavy atom. The maximum atomic E-state index is 5.99. The molecule has 0 spiro atoms. The molecule has 0 bridgehead atoms. The summed E-state index contributed by atoms with van der Waals surface area (Å²) in [5.74, 6) is 1.77. The molecule has 3 nitrogen and oxygen atoms in total. The molecule has 0 saturated heterocycles. The molecule has 0 fully saturated rings. The maximum absolute atomic E-state index is 5.99. The van der Waals surface area contributed by atoms with Crippen molar-refractivity contribution in [3.8, 4) is 5.75 Å². The summed E-state index contributed by atoms with van der Waals surface area (Å²) in [5, 5.41) is 1.28. The smallest absolute Gasteiger partial charge is 0.120 e. The molecule has 2 unspecified atom stereocenters. The van der Waals surface area contributed by atoms with Crippen molar-refractivity contribution < 1.29 is 4.74 Å². The van der Waals surface area contributed by atoms with Gasteiger partial charge in [0.2, 0.25) is 0 Å². The van der Waals surface area contributed by atoms with Crippen LogP contribution in [-0.4, -0.2) is 18.6 Å². The van der Waals surface area contributed by atoms with Gasteiger partial charge in [-0.2, -0.15) is 0 Å². The van der Waals surface area contributed by atoms with Gasteiger partial charge in [-0.25, -0.2) is 0 Å². The van der Waals surface area contributed by atoms with Gasteiger partial charge in [-0.05, 0) is 47.7 Å². The van der Waals surface area contributed by atoms with E-state index in [1.165, 1.54) is 22.1 Å². The van der Waals surface area contributed by atoms with Crippen molar-refractivity contribution in [1.82, 2.24) is 4.98 Å². The van der Waals surface area contributed by atoms with E-state index in [4.69, 9.17) is 10.5 Å². The van der Waals surface area contributed by atoms with Gasteiger partial charge in [0.25, 0.3) is 0 Å². The number of hydrogen-bond donors (Lipinski definition) is 2. The van der Waals surface area contributed by atoms with Crippen molar-refractivity contribution >= 4 is 10.9 Å². The number of rotatable bonds is 3. The summed E-state index contributed by atoms with van der Waals surface area (Å²) < 4.78 is 5.31. The van der Waals surface area contributed by atoms with E-state index in [-0.39, 0.29) is 0 Å². The fraction of sp³-hybridized carbons (Fsp3) is 0.263. The molecule has 2 aromatic carbocycles. The fourth-order valence-corrected chi connectivity index (χ4v) is 3.80. The van der Waals surface area contributed by atoms with Crippen LogP contribution in [0.15, 0.2) is 48.7 Å². The van der Waals surface area contributed by atoms with Gasteiger partial charge in [0.15, 0.2) is 0 Å². The molecule has 0 saturated carbocycles. The van der Waals surface area contributed by atoms with Crippen LogP contribution < -0.4 is 10.5 Å². The highest BCUT2D eigenvalue weighted by Gasteiger charge is 2.32. The Labute approximate surface area is 130 Å². The standard InChI is InChI=1S/C19H20N2O/c1-22-13-6-7-16-18(11-21-19(16)9-13)17-8-12(10-20)14-4-2-3-5-15(14)17/h2-7,9,11-12,17,21H,8,10,20H2,1H3. The molecule has 3 aromatic rings. The first-order valence-corrected chi connectivity index (χ1v) is 7.75. The SMILES string of the molecule is COc1ccc2c(C3CC(CN)c4ccccc43)c[nH]c2c1. The van der Waals surface area contributed by atoms with Crippen molar-refractivity contribution in [2.75, 3.05) is 13.7 Å². The molecule has 1 aliphatic carbocycles. The minimum absolute atomic E-state index is 0.423. The number of aromatic nitrogens is 1. The van der Waals surface area contributed by atoms with E-state index in [0.717, 1.165) is 17.7 Å². The second-order valence-electron chi connectivity index (χ2n) is 6.01. The number of H-pyrrole nitrogens is 1. The Morgan fingerprint density at radius 2 is 1.95 bits per heavy atom. The quantitative estimate of drug-likeness (QED) is 0.772. The van der Waals surface area contributed by atoms with Crippen LogP contribution in [0.25, 0.3) is 10.9 Å². The largest absolute Gasteiger partial charge is 0.497 e. The maximum Gasteiger partial charge on any atom is 0.120 e. The van der Waals surface area contributed by atoms with Crippen molar-refractivity contribution in [3.05, 3.63) is 65.4 Å². The van der Waals surface area contributed by atoms with E-state index in [0.29, 0.717) is 18.4 Å². The Kier molecular flexibility index (Phi) is 3.16. The lowest BCUT2D eigenvalue weighted by molar-refractivity contribution is 0.415. The normalized spacial score (nSPS) is 20.3. The fourth-order valence-electron chi connectivity index (χ4n) is 3.80. The van der Waals surface area contributed by atoms with Gasteiger partial charge < -0.3 is 15.5 Å². The predicted octanol–water partition coefficient (Wildman–Crippen LogP) is 3.75. The van der Waals surface area contributed by atoms with Gasteiger partial charge in [0.1, 0.15) is 5.75 Å². The first-order valence-electron chi connectivity index (χ1n) is 7.75. The second kappa shape index (κ2) is 5.18. The molecule has 3 heteroatoms. The Morgan fingerprint density at radius 1 is 1.14 bits per heavy atom. The molecule has 1 aliphatic rings. The van der Waals surface area contributed by atoms with Gasteiger partial charge >= 0.3 is 0 Å². The second-order valence-corrected chi connectivity index (χ2v) is 6.01. The third-order valence-corrected chi connectivity index (χ3v) is 4.91. The van der Waals surface area contributed by atoms with E-state index in [1.54, 1.807) is 7.11 Å². The van der Waals surface area contributed by atoms with Crippen LogP contribution in [0.5, 0.6) is 5.75 Å². The van der Waals surface area contributed by atoms with Crippen LogP contribution in [0, 0.1) is 0 Å². The summed E-state index contributed by atoms with van der Waals surface area (Å²) in [5.41, 5.74) is 11.3. The molecule has 1 heterocycles. The van der Waals surface area contributed by atoms with Crippen molar-refractivity contribution in [3.63, 3.8) is 0 Å². The lowest BCUT2D eigenvalue weighted by atomic mass is 9.92. The monoisotopic (exact) mass is 292 g/mol. The molecule has 0 radical (unpaired) electrons. The summed E-state index contributed by atoms with van der Waals surface area (Å²) in [6, 6.07) is 15.0. The summed E-state index contributed by atoms with van der Waals surface area (Å²) in [6.45, 7) is 0.712. The van der Waals surface area contributed by atoms with E-state index >= 15 is 0 Å². The summed E-state index contributed by atoms with van der Waals surface area (Å²) in [6.07, 6.45) is 3.24. The minimum atomic E-state index is 0.423. The van der Waals surface area contributed by atoms with Crippen LogP contribution >= 0.6 is 0 Å². The lowest BCUT2D eigenvalue weighted by Crippen LogP contribution is -2.09. The lowest BCUT2D eigenvalue weighted by Gasteiger charge is -2.11. The van der Waals surface area contributed by atoms with Gasteiger partial charge in [0, 0.05) is 29.1 Å². The first kappa shape index (κ1) is 13.4. The Hall–Kier alpha value is -2.26. The third kappa shape index (κ3) is 1.93. The topological polar surface area (TPSA) is 51.0 Å². The summed E-state index contributed by atoms with van der Waals surface area (Å²) in [4.78, 5) is 3.39. The van der Waals surface area contributed by atoms with Crippen LogP contribution in [0.1, 0.15) is 34.9 Å². The van der Waals surface area contributed by atoms with E-state index in [9.17, 15) is 0 Å². The number of methoxy groups -OCH3 is 1. The molecular weight excluding hydrogens is 272 g/mol. The number of fused-ring (bicyclic) bond motifs is 2. The molecule has 0 amide bonds. The zero-order valence-corrected chi connectivity index (χ0v) is 12.7. The number of hydrogen-bond acceptors (Lipinski definition) is 2. The molecule has 1 aromatic heterocycles. The predicted molar refractivity (Wildman–Crippen MR) is 89.5 cm³/mol. The molecule has 3 N–H and O–H groups in total. The highest BCUT2D eigenvalue weighted by atomic mass is 16.5. The van der Waals surface area contributed by atoms with E-state index < -0.39 is 0 Å². The van der Waals surface area contributed by atoms with Crippen molar-refractivity contribution in [2.24, 2.45) is 5.73 Å². The van der Waals surface area contributed by atoms with Crippen molar-refractivity contribution in [2.45, 2.75) is 18.3 Å². The average Bonchev–Trinajstić information content (AvgIpc) is 3.14. The number of ether oxygens (including phenoxy) is 1. The van der Waals surface area contributed by atoms with Gasteiger partial charge in [-0.3, -0.25) is 0 Å². The zero-order valence-electron chi connectivity index (χ0n) is 12.7. The van der Waals surface area contributed by atoms with Crippen LogP contribution in [0.3, 0.4) is 0 Å². The third-order valence-electron chi connectivity index (χ3n) is 4.91. The Bertz CT molecular complexity index is 821. The number of benzene rings is 2. The summed E-state index contributed by atoms with van der Waals surface area (Å²) in [7, 11) is 1.70. The van der Waals surface area contributed by atoms with E-state index in [1.807, 2.05) is 6.07 Å². The van der Waals surface area contributed by atoms with Crippen LogP contribution in [-0.2, 0) is 0 Å². The van der Waals surface area contributed by atoms with Gasteiger partial charge in [-0.15, -0.1) is 0 Å². The molecule has 22 heavy (non-hydrogen) atoms. The number of nitrogens with one attached hydrogen (secondary N) is 1. The van der Waals surface area contributed by atoms with E-state index in [2.05, 4.69) is 47.6 Å². The van der Waals surface area contributed by atoms with Gasteiger partial charge in [-0.1, -0.05) is 24.3 Å². The first-order chi connectivity index (χ1) is 10.8. The minimum Gasteiger partial charge on any atom is -0.497 e. The molecule has 112 valence electrons. The average molecular weight is 292 g/mol. The van der Waals surface area contributed by atoms with Gasteiger partial charge in [0.05, 0.1) is 7.11 Å². The summed E-state index contributed by atoms with van der Waals surface area (Å²) >= 11 is 0.